The third kappa shape index (κ3) is 5.33. The normalized spacial score (nSPS) is 15.0. The number of hydrogen-bond donors (Lipinski definition) is 1. The van der Waals surface area contributed by atoms with Crippen LogP contribution in [0, 0.1) is 10.1 Å². The molecular formula is C19H20ClN3O6S. The van der Waals surface area contributed by atoms with Gasteiger partial charge in [-0.25, -0.2) is 8.42 Å². The molecule has 3 rings (SSSR count). The zero-order valence-corrected chi connectivity index (χ0v) is 17.5. The van der Waals surface area contributed by atoms with Crippen molar-refractivity contribution in [1.29, 1.82) is 0 Å². The molecule has 0 aliphatic carbocycles. The first-order valence-corrected chi connectivity index (χ1v) is 11.1. The average molecular weight is 454 g/mol. The van der Waals surface area contributed by atoms with Crippen LogP contribution in [0.5, 0.6) is 0 Å². The number of carbonyl (C=O) groups excluding carboxylic acids is 1. The number of nitro benzene ring substituents is 1. The summed E-state index contributed by atoms with van der Waals surface area (Å²) in [6.07, 6.45) is 0. The number of carbonyl (C=O) groups is 1. The number of morpholine rings is 1. The highest BCUT2D eigenvalue weighted by molar-refractivity contribution is 7.88. The lowest BCUT2D eigenvalue weighted by molar-refractivity contribution is -0.384. The Morgan fingerprint density at radius 1 is 1.17 bits per heavy atom. The molecule has 160 valence electrons. The van der Waals surface area contributed by atoms with Crippen molar-refractivity contribution in [3.63, 3.8) is 0 Å². The molecule has 0 aromatic heterocycles. The first-order chi connectivity index (χ1) is 14.3. The Balaban J connectivity index is 1.71. The number of rotatable bonds is 7. The van der Waals surface area contributed by atoms with Crippen molar-refractivity contribution in [2.45, 2.75) is 12.3 Å². The fourth-order valence-electron chi connectivity index (χ4n) is 3.05. The lowest BCUT2D eigenvalue weighted by Gasteiger charge is -2.26. The Bertz CT molecular complexity index is 1050. The monoisotopic (exact) mass is 453 g/mol. The summed E-state index contributed by atoms with van der Waals surface area (Å²) in [4.78, 5) is 22.8. The van der Waals surface area contributed by atoms with E-state index >= 15 is 0 Å². The fourth-order valence-corrected chi connectivity index (χ4v) is 4.80. The van der Waals surface area contributed by atoms with Crippen LogP contribution in [0.2, 0.25) is 5.02 Å². The molecule has 0 bridgehead atoms. The van der Waals surface area contributed by atoms with Gasteiger partial charge < -0.3 is 10.1 Å². The molecule has 1 aliphatic rings. The van der Waals surface area contributed by atoms with Gasteiger partial charge in [0, 0.05) is 31.3 Å². The maximum atomic E-state index is 12.7. The number of nitrogens with zero attached hydrogens (tertiary/aromatic N) is 2. The molecule has 11 heteroatoms. The third-order valence-electron chi connectivity index (χ3n) is 4.66. The van der Waals surface area contributed by atoms with E-state index < -0.39 is 20.9 Å². The summed E-state index contributed by atoms with van der Waals surface area (Å²) in [5, 5.41) is 13.6. The molecule has 1 fully saturated rings. The first kappa shape index (κ1) is 22.2. The minimum atomic E-state index is -3.52. The van der Waals surface area contributed by atoms with Crippen molar-refractivity contribution >= 4 is 33.2 Å². The number of sulfonamides is 1. The summed E-state index contributed by atoms with van der Waals surface area (Å²) in [6.45, 7) is 1.44. The van der Waals surface area contributed by atoms with Gasteiger partial charge in [0.25, 0.3) is 11.6 Å². The molecule has 0 atom stereocenters. The van der Waals surface area contributed by atoms with Gasteiger partial charge in [0.15, 0.2) is 0 Å². The smallest absolute Gasteiger partial charge is 0.288 e. The third-order valence-corrected chi connectivity index (χ3v) is 6.81. The number of amides is 1. The van der Waals surface area contributed by atoms with E-state index in [2.05, 4.69) is 5.32 Å². The van der Waals surface area contributed by atoms with E-state index in [-0.39, 0.29) is 28.6 Å². The molecule has 2 aromatic carbocycles. The van der Waals surface area contributed by atoms with Crippen LogP contribution in [0.4, 0.5) is 5.69 Å². The quantitative estimate of drug-likeness (QED) is 0.507. The van der Waals surface area contributed by atoms with E-state index in [0.29, 0.717) is 37.4 Å². The lowest BCUT2D eigenvalue weighted by atomic mass is 10.1. The average Bonchev–Trinajstić information content (AvgIpc) is 2.73. The number of halogens is 1. The van der Waals surface area contributed by atoms with Crippen molar-refractivity contribution < 1.29 is 22.9 Å². The summed E-state index contributed by atoms with van der Waals surface area (Å²) in [6, 6.07) is 10.7. The standard InChI is InChI=1S/C19H20ClN3O6S/c20-17-6-5-14(11-18(17)23(25)26)19(24)21-12-15-3-1-2-4-16(15)13-30(27,28)22-7-9-29-10-8-22/h1-6,11H,7-10,12-13H2,(H,21,24). The Morgan fingerprint density at radius 3 is 2.50 bits per heavy atom. The second-order valence-electron chi connectivity index (χ2n) is 6.64. The molecule has 1 aliphatic heterocycles. The summed E-state index contributed by atoms with van der Waals surface area (Å²) in [5.74, 6) is -0.716. The maximum Gasteiger partial charge on any atom is 0.288 e. The fraction of sp³-hybridized carbons (Fsp3) is 0.316. The van der Waals surface area contributed by atoms with E-state index in [9.17, 15) is 23.3 Å². The number of benzene rings is 2. The summed E-state index contributed by atoms with van der Waals surface area (Å²) < 4.78 is 32.0. The van der Waals surface area contributed by atoms with Crippen LogP contribution in [-0.2, 0) is 27.1 Å². The lowest BCUT2D eigenvalue weighted by Crippen LogP contribution is -2.41. The van der Waals surface area contributed by atoms with Gasteiger partial charge in [-0.05, 0) is 23.3 Å². The van der Waals surface area contributed by atoms with E-state index in [1.54, 1.807) is 24.3 Å². The second-order valence-corrected chi connectivity index (χ2v) is 9.02. The van der Waals surface area contributed by atoms with Gasteiger partial charge >= 0.3 is 0 Å². The number of ether oxygens (including phenoxy) is 1. The molecule has 0 spiro atoms. The Morgan fingerprint density at radius 2 is 1.83 bits per heavy atom. The number of hydrogen-bond acceptors (Lipinski definition) is 6. The predicted molar refractivity (Wildman–Crippen MR) is 111 cm³/mol. The van der Waals surface area contributed by atoms with Crippen LogP contribution >= 0.6 is 11.6 Å². The van der Waals surface area contributed by atoms with E-state index in [1.807, 2.05) is 0 Å². The highest BCUT2D eigenvalue weighted by atomic mass is 35.5. The topological polar surface area (TPSA) is 119 Å². The van der Waals surface area contributed by atoms with Crippen molar-refractivity contribution in [3.8, 4) is 0 Å². The summed E-state index contributed by atoms with van der Waals surface area (Å²) >= 11 is 5.77. The van der Waals surface area contributed by atoms with Gasteiger partial charge in [-0.15, -0.1) is 0 Å². The highest BCUT2D eigenvalue weighted by Crippen LogP contribution is 2.25. The molecule has 9 nitrogen and oxygen atoms in total. The minimum Gasteiger partial charge on any atom is -0.379 e. The summed E-state index contributed by atoms with van der Waals surface area (Å²) in [7, 11) is -3.52. The van der Waals surface area contributed by atoms with Gasteiger partial charge in [0.2, 0.25) is 10.0 Å². The van der Waals surface area contributed by atoms with Gasteiger partial charge in [0.05, 0.1) is 23.9 Å². The van der Waals surface area contributed by atoms with Crippen LogP contribution in [0.15, 0.2) is 42.5 Å². The van der Waals surface area contributed by atoms with Crippen LogP contribution in [0.25, 0.3) is 0 Å². The largest absolute Gasteiger partial charge is 0.379 e. The second kappa shape index (κ2) is 9.52. The van der Waals surface area contributed by atoms with Crippen LogP contribution in [-0.4, -0.2) is 49.9 Å². The van der Waals surface area contributed by atoms with Crippen molar-refractivity contribution in [3.05, 3.63) is 74.3 Å². The van der Waals surface area contributed by atoms with E-state index in [4.69, 9.17) is 16.3 Å². The molecule has 30 heavy (non-hydrogen) atoms. The van der Waals surface area contributed by atoms with Crippen molar-refractivity contribution in [2.24, 2.45) is 0 Å². The molecule has 2 aromatic rings. The Hall–Kier alpha value is -2.53. The molecule has 1 N–H and O–H groups in total. The van der Waals surface area contributed by atoms with Gasteiger partial charge in [-0.1, -0.05) is 35.9 Å². The van der Waals surface area contributed by atoms with E-state index in [1.165, 1.54) is 16.4 Å². The molecular weight excluding hydrogens is 434 g/mol. The minimum absolute atomic E-state index is 0.0600. The van der Waals surface area contributed by atoms with Crippen molar-refractivity contribution in [1.82, 2.24) is 9.62 Å². The predicted octanol–water partition coefficient (Wildman–Crippen LogP) is 2.34. The zero-order chi connectivity index (χ0) is 21.7. The SMILES string of the molecule is O=C(NCc1ccccc1CS(=O)(=O)N1CCOCC1)c1ccc(Cl)c([N+](=O)[O-])c1. The van der Waals surface area contributed by atoms with Crippen LogP contribution in [0.3, 0.4) is 0 Å². The molecule has 0 radical (unpaired) electrons. The molecule has 0 saturated carbocycles. The van der Waals surface area contributed by atoms with Crippen molar-refractivity contribution in [2.75, 3.05) is 26.3 Å². The first-order valence-electron chi connectivity index (χ1n) is 9.12. The maximum absolute atomic E-state index is 12.7. The number of nitrogens with one attached hydrogen (secondary N) is 1. The summed E-state index contributed by atoms with van der Waals surface area (Å²) in [5.41, 5.74) is 0.948. The van der Waals surface area contributed by atoms with Crippen LogP contribution < -0.4 is 5.32 Å². The molecule has 0 unspecified atom stereocenters. The Kier molecular flexibility index (Phi) is 7.03. The molecule has 1 saturated heterocycles. The van der Waals surface area contributed by atoms with Crippen LogP contribution in [0.1, 0.15) is 21.5 Å². The molecule has 1 amide bonds. The highest BCUT2D eigenvalue weighted by Gasteiger charge is 2.25. The Labute approximate surface area is 178 Å². The molecule has 1 heterocycles. The number of nitro groups is 1. The van der Waals surface area contributed by atoms with E-state index in [0.717, 1.165) is 6.07 Å². The van der Waals surface area contributed by atoms with Gasteiger partial charge in [-0.2, -0.15) is 4.31 Å². The van der Waals surface area contributed by atoms with Gasteiger partial charge in [-0.3, -0.25) is 14.9 Å². The zero-order valence-electron chi connectivity index (χ0n) is 15.9. The van der Waals surface area contributed by atoms with Gasteiger partial charge in [0.1, 0.15) is 5.02 Å².